The number of carboxylic acid groups (broad SMARTS) is 1. The number of nitrogens with zero attached hydrogens (tertiary/aromatic N) is 1. The Morgan fingerprint density at radius 3 is 2.12 bits per heavy atom. The second-order valence-electron chi connectivity index (χ2n) is 7.99. The van der Waals surface area contributed by atoms with E-state index in [1.54, 1.807) is 60.7 Å². The van der Waals surface area contributed by atoms with Crippen molar-refractivity contribution in [2.24, 2.45) is 0 Å². The van der Waals surface area contributed by atoms with Crippen LogP contribution in [0.25, 0.3) is 0 Å². The van der Waals surface area contributed by atoms with Crippen LogP contribution < -0.4 is 0 Å². The molecule has 0 radical (unpaired) electrons. The molecule has 2 atom stereocenters. The van der Waals surface area contributed by atoms with Crippen LogP contribution in [0.5, 0.6) is 0 Å². The molecule has 4 rings (SSSR count). The minimum Gasteiger partial charge on any atom is -0.478 e. The van der Waals surface area contributed by atoms with Crippen LogP contribution in [0.2, 0.25) is 15.1 Å². The number of aliphatic carboxylic acids is 1. The van der Waals surface area contributed by atoms with E-state index in [1.165, 1.54) is 16.4 Å². The summed E-state index contributed by atoms with van der Waals surface area (Å²) in [4.78, 5) is 12.3. The van der Waals surface area contributed by atoms with Gasteiger partial charge in [-0.3, -0.25) is 0 Å². The summed E-state index contributed by atoms with van der Waals surface area (Å²) >= 11 is 18.4. The predicted molar refractivity (Wildman–Crippen MR) is 134 cm³/mol. The highest BCUT2D eigenvalue weighted by Crippen LogP contribution is 2.46. The highest BCUT2D eigenvalue weighted by Gasteiger charge is 2.44. The molecule has 1 N–H and O–H groups in total. The van der Waals surface area contributed by atoms with Crippen molar-refractivity contribution in [3.05, 3.63) is 110 Å². The molecule has 0 unspecified atom stereocenters. The molecule has 3 aromatic rings. The Morgan fingerprint density at radius 1 is 0.912 bits per heavy atom. The molecular formula is C25H20Cl3NO4S. The van der Waals surface area contributed by atoms with E-state index in [9.17, 15) is 18.3 Å². The van der Waals surface area contributed by atoms with Gasteiger partial charge in [0.15, 0.2) is 0 Å². The number of carboxylic acids is 1. The molecule has 0 aliphatic carbocycles. The summed E-state index contributed by atoms with van der Waals surface area (Å²) in [5, 5.41) is 11.1. The summed E-state index contributed by atoms with van der Waals surface area (Å²) in [5.41, 5.74) is 1.96. The normalized spacial score (nSPS) is 19.0. The second-order valence-corrected chi connectivity index (χ2v) is 11.1. The summed E-state index contributed by atoms with van der Waals surface area (Å²) in [6.07, 6.45) is 1.71. The van der Waals surface area contributed by atoms with E-state index in [1.807, 2.05) is 6.92 Å². The third-order valence-electron chi connectivity index (χ3n) is 5.77. The third kappa shape index (κ3) is 4.74. The Hall–Kier alpha value is -2.35. The molecule has 1 aliphatic rings. The minimum absolute atomic E-state index is 0.0330. The lowest BCUT2D eigenvalue weighted by atomic mass is 9.89. The molecule has 0 aromatic heterocycles. The van der Waals surface area contributed by atoms with Crippen LogP contribution in [0.4, 0.5) is 0 Å². The van der Waals surface area contributed by atoms with Gasteiger partial charge in [0.25, 0.3) is 0 Å². The van der Waals surface area contributed by atoms with Crippen molar-refractivity contribution in [1.82, 2.24) is 4.31 Å². The minimum atomic E-state index is -4.15. The molecule has 1 heterocycles. The highest BCUT2D eigenvalue weighted by molar-refractivity contribution is 7.89. The molecular weight excluding hydrogens is 517 g/mol. The lowest BCUT2D eigenvalue weighted by molar-refractivity contribution is -0.133. The van der Waals surface area contributed by atoms with Gasteiger partial charge in [0.1, 0.15) is 0 Å². The number of aryl methyl sites for hydroxylation is 1. The van der Waals surface area contributed by atoms with Crippen molar-refractivity contribution in [2.45, 2.75) is 30.3 Å². The van der Waals surface area contributed by atoms with Crippen molar-refractivity contribution in [3.63, 3.8) is 0 Å². The lowest BCUT2D eigenvalue weighted by Crippen LogP contribution is -2.42. The fourth-order valence-electron chi connectivity index (χ4n) is 4.09. The van der Waals surface area contributed by atoms with Crippen LogP contribution in [-0.4, -0.2) is 23.8 Å². The maximum Gasteiger partial charge on any atom is 0.333 e. The zero-order valence-electron chi connectivity index (χ0n) is 18.0. The first-order chi connectivity index (χ1) is 16.1. The van der Waals surface area contributed by atoms with Crippen LogP contribution >= 0.6 is 34.8 Å². The predicted octanol–water partition coefficient (Wildman–Crippen LogP) is 6.84. The van der Waals surface area contributed by atoms with E-state index in [0.717, 1.165) is 5.56 Å². The second kappa shape index (κ2) is 9.72. The van der Waals surface area contributed by atoms with Gasteiger partial charge in [-0.25, -0.2) is 13.2 Å². The van der Waals surface area contributed by atoms with Gasteiger partial charge in [-0.1, -0.05) is 76.8 Å². The third-order valence-corrected chi connectivity index (χ3v) is 8.65. The Kier molecular flexibility index (Phi) is 7.08. The van der Waals surface area contributed by atoms with Gasteiger partial charge in [0.05, 0.1) is 32.6 Å². The number of hydrogen-bond acceptors (Lipinski definition) is 3. The number of sulfonamides is 1. The maximum absolute atomic E-state index is 14.1. The molecule has 0 amide bonds. The van der Waals surface area contributed by atoms with Gasteiger partial charge in [-0.2, -0.15) is 4.31 Å². The standard InChI is InChI=1S/C25H20Cl3NO4S/c1-15-2-9-19(10-3-15)34(32,33)29-23(17-6-12-21(27)22(28)14-17)13-11-20(25(30)31)24(29)16-4-7-18(26)8-5-16/h2-12,14,23-24H,13H2,1H3,(H,30,31)/t23-,24-/m0/s1. The van der Waals surface area contributed by atoms with Crippen LogP contribution in [-0.2, 0) is 14.8 Å². The van der Waals surface area contributed by atoms with Gasteiger partial charge in [-0.15, -0.1) is 0 Å². The number of benzene rings is 3. The molecule has 0 spiro atoms. The van der Waals surface area contributed by atoms with E-state index in [-0.39, 0.29) is 21.9 Å². The van der Waals surface area contributed by atoms with E-state index < -0.39 is 28.1 Å². The summed E-state index contributed by atoms with van der Waals surface area (Å²) in [5.74, 6) is -1.20. The van der Waals surface area contributed by atoms with Crippen molar-refractivity contribution in [1.29, 1.82) is 0 Å². The summed E-state index contributed by atoms with van der Waals surface area (Å²) < 4.78 is 29.4. The van der Waals surface area contributed by atoms with Crippen LogP contribution in [0.1, 0.15) is 35.2 Å². The zero-order chi connectivity index (χ0) is 24.6. The SMILES string of the molecule is Cc1ccc(S(=O)(=O)N2[C@@H](c3ccc(Cl)cc3)C(C(=O)O)=CC[C@H]2c2ccc(Cl)c(Cl)c2)cc1. The largest absolute Gasteiger partial charge is 0.478 e. The lowest BCUT2D eigenvalue weighted by Gasteiger charge is -2.40. The van der Waals surface area contributed by atoms with Crippen LogP contribution in [0, 0.1) is 6.92 Å². The van der Waals surface area contributed by atoms with E-state index in [2.05, 4.69) is 0 Å². The van der Waals surface area contributed by atoms with E-state index >= 15 is 0 Å². The van der Waals surface area contributed by atoms with Crippen LogP contribution in [0.3, 0.4) is 0 Å². The van der Waals surface area contributed by atoms with Gasteiger partial charge < -0.3 is 5.11 Å². The molecule has 34 heavy (non-hydrogen) atoms. The molecule has 0 saturated heterocycles. The van der Waals surface area contributed by atoms with Gasteiger partial charge in [-0.05, 0) is 60.9 Å². The molecule has 0 fully saturated rings. The molecule has 1 aliphatic heterocycles. The highest BCUT2D eigenvalue weighted by atomic mass is 35.5. The topological polar surface area (TPSA) is 74.7 Å². The summed E-state index contributed by atoms with van der Waals surface area (Å²) in [6, 6.07) is 16.1. The summed E-state index contributed by atoms with van der Waals surface area (Å²) in [7, 11) is -4.15. The van der Waals surface area contributed by atoms with Gasteiger partial charge >= 0.3 is 5.97 Å². The first kappa shape index (κ1) is 24.8. The molecule has 3 aromatic carbocycles. The van der Waals surface area contributed by atoms with Crippen molar-refractivity contribution in [3.8, 4) is 0 Å². The van der Waals surface area contributed by atoms with Crippen LogP contribution in [0.15, 0.2) is 83.3 Å². The van der Waals surface area contributed by atoms with Gasteiger partial charge in [0.2, 0.25) is 10.0 Å². The first-order valence-corrected chi connectivity index (χ1v) is 12.9. The molecule has 176 valence electrons. The Bertz CT molecular complexity index is 1370. The number of carbonyl (C=O) groups is 1. The van der Waals surface area contributed by atoms with E-state index in [4.69, 9.17) is 34.8 Å². The van der Waals surface area contributed by atoms with Gasteiger partial charge in [0, 0.05) is 5.02 Å². The maximum atomic E-state index is 14.1. The zero-order valence-corrected chi connectivity index (χ0v) is 21.0. The smallest absolute Gasteiger partial charge is 0.333 e. The quantitative estimate of drug-likeness (QED) is 0.387. The Morgan fingerprint density at radius 2 is 1.53 bits per heavy atom. The van der Waals surface area contributed by atoms with Crippen molar-refractivity contribution >= 4 is 50.8 Å². The number of halogens is 3. The molecule has 0 bridgehead atoms. The summed E-state index contributed by atoms with van der Waals surface area (Å²) in [6.45, 7) is 1.86. The Balaban J connectivity index is 1.97. The Labute approximate surface area is 213 Å². The van der Waals surface area contributed by atoms with E-state index in [0.29, 0.717) is 21.2 Å². The molecule has 5 nitrogen and oxygen atoms in total. The fourth-order valence-corrected chi connectivity index (χ4v) is 6.30. The molecule has 9 heteroatoms. The van der Waals surface area contributed by atoms with Crippen molar-refractivity contribution < 1.29 is 18.3 Å². The average molecular weight is 537 g/mol. The number of rotatable bonds is 5. The first-order valence-electron chi connectivity index (χ1n) is 10.3. The molecule has 0 saturated carbocycles. The monoisotopic (exact) mass is 535 g/mol. The van der Waals surface area contributed by atoms with Crippen molar-refractivity contribution in [2.75, 3.05) is 0 Å². The fraction of sp³-hybridized carbons (Fsp3) is 0.160. The number of hydrogen-bond donors (Lipinski definition) is 1. The average Bonchev–Trinajstić information content (AvgIpc) is 2.80.